The molecule has 3 unspecified atom stereocenters. The van der Waals surface area contributed by atoms with Crippen molar-refractivity contribution in [3.8, 4) is 0 Å². The first-order valence-corrected chi connectivity index (χ1v) is 9.27. The molecule has 0 spiro atoms. The Balaban J connectivity index is 1.40. The van der Waals surface area contributed by atoms with Crippen LogP contribution < -0.4 is 10.6 Å². The molecule has 0 saturated carbocycles. The summed E-state index contributed by atoms with van der Waals surface area (Å²) in [6.45, 7) is 1.78. The molecule has 3 heterocycles. The van der Waals surface area contributed by atoms with Crippen molar-refractivity contribution in [3.05, 3.63) is 23.5 Å². The zero-order valence-electron chi connectivity index (χ0n) is 14.6. The molecule has 142 valence electrons. The number of carbonyl (C=O) groups excluding carboxylic acids is 2. The zero-order chi connectivity index (χ0) is 18.3. The average Bonchev–Trinajstić information content (AvgIpc) is 2.91. The van der Waals surface area contributed by atoms with Crippen molar-refractivity contribution >= 4 is 11.8 Å². The molecule has 3 fully saturated rings. The number of likely N-dealkylation sites (tertiary alicyclic amines) is 1. The number of aliphatic hydroxyl groups is 2. The van der Waals surface area contributed by atoms with Crippen LogP contribution in [0.5, 0.6) is 0 Å². The topological polar surface area (TPSA) is 111 Å². The Morgan fingerprint density at radius 1 is 1.15 bits per heavy atom. The van der Waals surface area contributed by atoms with Crippen LogP contribution in [0.4, 0.5) is 0 Å². The number of rotatable bonds is 3. The van der Waals surface area contributed by atoms with Gasteiger partial charge in [0.2, 0.25) is 5.91 Å². The van der Waals surface area contributed by atoms with Gasteiger partial charge in [0, 0.05) is 44.0 Å². The molecule has 0 aromatic heterocycles. The molecule has 4 aliphatic rings. The largest absolute Gasteiger partial charge is 0.493 e. The number of hydrogen-bond acceptors (Lipinski definition) is 6. The molecule has 26 heavy (non-hydrogen) atoms. The van der Waals surface area contributed by atoms with Crippen molar-refractivity contribution in [3.63, 3.8) is 0 Å². The number of carbonyl (C=O) groups is 2. The van der Waals surface area contributed by atoms with E-state index in [1.165, 1.54) is 0 Å². The summed E-state index contributed by atoms with van der Waals surface area (Å²) >= 11 is 0. The van der Waals surface area contributed by atoms with E-state index in [4.69, 9.17) is 4.74 Å². The molecular formula is C18H25N3O5. The Morgan fingerprint density at radius 3 is 2.77 bits per heavy atom. The highest BCUT2D eigenvalue weighted by Crippen LogP contribution is 2.36. The maximum Gasteiger partial charge on any atom is 0.250 e. The van der Waals surface area contributed by atoms with E-state index in [2.05, 4.69) is 10.6 Å². The normalized spacial score (nSPS) is 37.6. The molecule has 0 bridgehead atoms. The number of hydrogen-bond donors (Lipinski definition) is 4. The standard InChI is InChI=1S/C18H25N3O5/c22-11-6-13(8-19-7-11)26-12-1-2-14-10(5-12)9-21(18(14)25)15-3-4-16(23)20-17(15)24/h1-2,10-11,13,15-16,19,22-23H,3-9H2,(H,20,24)/t10?,11-,13-,15?,16?/m1/s1. The summed E-state index contributed by atoms with van der Waals surface area (Å²) in [6, 6.07) is -0.514. The average molecular weight is 363 g/mol. The van der Waals surface area contributed by atoms with Crippen LogP contribution >= 0.6 is 0 Å². The van der Waals surface area contributed by atoms with Gasteiger partial charge in [-0.2, -0.15) is 0 Å². The molecular weight excluding hydrogens is 338 g/mol. The molecule has 1 aliphatic carbocycles. The van der Waals surface area contributed by atoms with E-state index in [-0.39, 0.29) is 23.8 Å². The maximum absolute atomic E-state index is 12.7. The Morgan fingerprint density at radius 2 is 2.00 bits per heavy atom. The molecule has 8 nitrogen and oxygen atoms in total. The summed E-state index contributed by atoms with van der Waals surface area (Å²) in [5.74, 6) is 0.445. The molecule has 4 rings (SSSR count). The molecule has 0 aromatic carbocycles. The van der Waals surface area contributed by atoms with Gasteiger partial charge in [-0.15, -0.1) is 0 Å². The second kappa shape index (κ2) is 7.02. The van der Waals surface area contributed by atoms with Gasteiger partial charge in [0.05, 0.1) is 11.9 Å². The van der Waals surface area contributed by atoms with E-state index in [9.17, 15) is 19.8 Å². The first-order valence-electron chi connectivity index (χ1n) is 9.27. The molecule has 3 aliphatic heterocycles. The lowest BCUT2D eigenvalue weighted by atomic mass is 9.93. The molecule has 4 N–H and O–H groups in total. The molecule has 8 heteroatoms. The van der Waals surface area contributed by atoms with Crippen LogP contribution in [0, 0.1) is 5.92 Å². The van der Waals surface area contributed by atoms with Gasteiger partial charge >= 0.3 is 0 Å². The molecule has 0 radical (unpaired) electrons. The smallest absolute Gasteiger partial charge is 0.250 e. The summed E-state index contributed by atoms with van der Waals surface area (Å²) < 4.78 is 6.01. The fourth-order valence-corrected chi connectivity index (χ4v) is 4.25. The van der Waals surface area contributed by atoms with Crippen LogP contribution in [-0.4, -0.2) is 71.0 Å². The van der Waals surface area contributed by atoms with Crippen LogP contribution in [0.1, 0.15) is 25.7 Å². The third-order valence-corrected chi connectivity index (χ3v) is 5.57. The van der Waals surface area contributed by atoms with E-state index >= 15 is 0 Å². The summed E-state index contributed by atoms with van der Waals surface area (Å²) in [6.07, 6.45) is 4.49. The zero-order valence-corrected chi connectivity index (χ0v) is 14.6. The van der Waals surface area contributed by atoms with Crippen LogP contribution in [0.15, 0.2) is 23.5 Å². The SMILES string of the molecule is O=C1NC(O)CCC1N1CC2CC(O[C@H]3CNC[C@H](O)C3)=CC=C2C1=O. The highest BCUT2D eigenvalue weighted by Gasteiger charge is 2.44. The third-order valence-electron chi connectivity index (χ3n) is 5.57. The number of nitrogens with one attached hydrogen (secondary N) is 2. The Labute approximate surface area is 151 Å². The Hall–Kier alpha value is -1.90. The maximum atomic E-state index is 12.7. The number of amides is 2. The van der Waals surface area contributed by atoms with Crippen molar-refractivity contribution in [1.82, 2.24) is 15.5 Å². The highest BCUT2D eigenvalue weighted by atomic mass is 16.5. The van der Waals surface area contributed by atoms with E-state index in [1.54, 1.807) is 11.0 Å². The van der Waals surface area contributed by atoms with Crippen LogP contribution in [-0.2, 0) is 14.3 Å². The number of fused-ring (bicyclic) bond motifs is 1. The second-order valence-electron chi connectivity index (χ2n) is 7.52. The second-order valence-corrected chi connectivity index (χ2v) is 7.52. The summed E-state index contributed by atoms with van der Waals surface area (Å²) in [7, 11) is 0. The highest BCUT2D eigenvalue weighted by molar-refractivity contribution is 6.00. The van der Waals surface area contributed by atoms with Gasteiger partial charge in [-0.25, -0.2) is 0 Å². The monoisotopic (exact) mass is 363 g/mol. The van der Waals surface area contributed by atoms with E-state index in [0.717, 1.165) is 11.3 Å². The van der Waals surface area contributed by atoms with E-state index in [1.807, 2.05) is 6.08 Å². The van der Waals surface area contributed by atoms with E-state index < -0.39 is 18.4 Å². The molecule has 3 saturated heterocycles. The van der Waals surface area contributed by atoms with Crippen molar-refractivity contribution < 1.29 is 24.5 Å². The number of β-amino-alcohol motifs (C(OH)–C–C–N with tert-alkyl or cyclic N) is 1. The fourth-order valence-electron chi connectivity index (χ4n) is 4.25. The minimum Gasteiger partial charge on any atom is -0.493 e. The quantitative estimate of drug-likeness (QED) is 0.512. The van der Waals surface area contributed by atoms with Gasteiger partial charge in [0.25, 0.3) is 5.91 Å². The van der Waals surface area contributed by atoms with Gasteiger partial charge in [-0.05, 0) is 25.0 Å². The van der Waals surface area contributed by atoms with Gasteiger partial charge in [0.15, 0.2) is 0 Å². The van der Waals surface area contributed by atoms with Gasteiger partial charge in [-0.3, -0.25) is 9.59 Å². The molecule has 5 atom stereocenters. The third kappa shape index (κ3) is 3.36. The lowest BCUT2D eigenvalue weighted by molar-refractivity contribution is -0.140. The summed E-state index contributed by atoms with van der Waals surface area (Å²) in [5, 5.41) is 24.9. The van der Waals surface area contributed by atoms with Gasteiger partial charge in [0.1, 0.15) is 18.4 Å². The lowest BCUT2D eigenvalue weighted by Gasteiger charge is -2.32. The predicted octanol–water partition coefficient (Wildman–Crippen LogP) is -1.00. The number of nitrogens with zero attached hydrogens (tertiary/aromatic N) is 1. The molecule has 0 aromatic rings. The number of allylic oxidation sites excluding steroid dienone is 3. The van der Waals surface area contributed by atoms with Crippen LogP contribution in [0.3, 0.4) is 0 Å². The lowest BCUT2D eigenvalue weighted by Crippen LogP contribution is -2.54. The number of ether oxygens (including phenoxy) is 1. The van der Waals surface area contributed by atoms with Gasteiger partial charge in [-0.1, -0.05) is 0 Å². The Bertz CT molecular complexity index is 661. The van der Waals surface area contributed by atoms with Crippen LogP contribution in [0.2, 0.25) is 0 Å². The minimum atomic E-state index is -0.820. The van der Waals surface area contributed by atoms with Crippen molar-refractivity contribution in [2.45, 2.75) is 50.2 Å². The van der Waals surface area contributed by atoms with Crippen LogP contribution in [0.25, 0.3) is 0 Å². The van der Waals surface area contributed by atoms with E-state index in [0.29, 0.717) is 45.3 Å². The summed E-state index contributed by atoms with van der Waals surface area (Å²) in [5.41, 5.74) is 0.720. The molecule has 2 amide bonds. The van der Waals surface area contributed by atoms with Crippen molar-refractivity contribution in [2.75, 3.05) is 19.6 Å². The predicted molar refractivity (Wildman–Crippen MR) is 91.5 cm³/mol. The van der Waals surface area contributed by atoms with Crippen molar-refractivity contribution in [1.29, 1.82) is 0 Å². The summed E-state index contributed by atoms with van der Waals surface area (Å²) in [4.78, 5) is 26.5. The first-order chi connectivity index (χ1) is 12.5. The van der Waals surface area contributed by atoms with Gasteiger partial charge < -0.3 is 30.5 Å². The van der Waals surface area contributed by atoms with Crippen molar-refractivity contribution in [2.24, 2.45) is 5.92 Å². The Kier molecular flexibility index (Phi) is 4.73. The number of piperidine rings is 2. The minimum absolute atomic E-state index is 0.0172. The number of aliphatic hydroxyl groups excluding tert-OH is 2. The first kappa shape index (κ1) is 17.5. The fraction of sp³-hybridized carbons (Fsp3) is 0.667.